The highest BCUT2D eigenvalue weighted by Gasteiger charge is 2.46. The second-order valence-electron chi connectivity index (χ2n) is 6.04. The van der Waals surface area contributed by atoms with Crippen LogP contribution < -0.4 is 5.32 Å². The average Bonchev–Trinajstić information content (AvgIpc) is 2.39. The number of rotatable bonds is 3. The van der Waals surface area contributed by atoms with Crippen molar-refractivity contribution in [2.75, 3.05) is 6.61 Å². The van der Waals surface area contributed by atoms with E-state index in [1.54, 1.807) is 0 Å². The lowest BCUT2D eigenvalue weighted by Crippen LogP contribution is -2.52. The van der Waals surface area contributed by atoms with Gasteiger partial charge in [0.2, 0.25) is 0 Å². The van der Waals surface area contributed by atoms with Crippen molar-refractivity contribution in [2.24, 2.45) is 11.8 Å². The molecule has 19 heavy (non-hydrogen) atoms. The van der Waals surface area contributed by atoms with E-state index < -0.39 is 18.1 Å². The first-order valence-corrected chi connectivity index (χ1v) is 7.46. The van der Waals surface area contributed by atoms with E-state index in [1.807, 2.05) is 0 Å². The van der Waals surface area contributed by atoms with Gasteiger partial charge in [0, 0.05) is 18.7 Å². The molecule has 0 aromatic rings. The van der Waals surface area contributed by atoms with Gasteiger partial charge in [-0.1, -0.05) is 25.7 Å². The predicted octanol–water partition coefficient (Wildman–Crippen LogP) is 3.25. The van der Waals surface area contributed by atoms with Crippen LogP contribution in [0.15, 0.2) is 0 Å². The van der Waals surface area contributed by atoms with Crippen LogP contribution in [0.5, 0.6) is 0 Å². The standard InChI is InChI=1S/C14H24F3NO/c15-14(16,17)11-6-2-4-8-13(11)18-12-7-3-1-5-10(12)9-19/h10-13,18-19H,1-9H2. The molecular weight excluding hydrogens is 255 g/mol. The highest BCUT2D eigenvalue weighted by molar-refractivity contribution is 4.90. The third kappa shape index (κ3) is 3.85. The van der Waals surface area contributed by atoms with Crippen LogP contribution in [0.25, 0.3) is 0 Å². The molecule has 0 heterocycles. The Morgan fingerprint density at radius 1 is 0.895 bits per heavy atom. The zero-order valence-electron chi connectivity index (χ0n) is 11.3. The summed E-state index contributed by atoms with van der Waals surface area (Å²) in [5, 5.41) is 12.6. The van der Waals surface area contributed by atoms with Crippen LogP contribution in [0, 0.1) is 11.8 Å². The molecule has 0 radical (unpaired) electrons. The molecule has 2 aliphatic rings. The normalized spacial score (nSPS) is 37.3. The lowest BCUT2D eigenvalue weighted by Gasteiger charge is -2.39. The Balaban J connectivity index is 1.98. The van der Waals surface area contributed by atoms with E-state index in [9.17, 15) is 18.3 Å². The molecule has 4 unspecified atom stereocenters. The number of aliphatic hydroxyl groups is 1. The molecule has 0 aromatic heterocycles. The van der Waals surface area contributed by atoms with Gasteiger partial charge in [0.1, 0.15) is 0 Å². The van der Waals surface area contributed by atoms with E-state index in [-0.39, 0.29) is 25.0 Å². The van der Waals surface area contributed by atoms with Gasteiger partial charge in [-0.15, -0.1) is 0 Å². The van der Waals surface area contributed by atoms with Crippen molar-refractivity contribution in [3.8, 4) is 0 Å². The van der Waals surface area contributed by atoms with Gasteiger partial charge < -0.3 is 10.4 Å². The van der Waals surface area contributed by atoms with Gasteiger partial charge in [-0.05, 0) is 31.6 Å². The molecule has 4 atom stereocenters. The van der Waals surface area contributed by atoms with Crippen molar-refractivity contribution in [2.45, 2.75) is 69.6 Å². The molecule has 0 bridgehead atoms. The molecule has 0 aromatic carbocycles. The van der Waals surface area contributed by atoms with Crippen LogP contribution >= 0.6 is 0 Å². The van der Waals surface area contributed by atoms with Crippen molar-refractivity contribution in [3.63, 3.8) is 0 Å². The van der Waals surface area contributed by atoms with Crippen LogP contribution in [0.4, 0.5) is 13.2 Å². The Morgan fingerprint density at radius 2 is 1.47 bits per heavy atom. The van der Waals surface area contributed by atoms with Crippen LogP contribution in [-0.4, -0.2) is 30.0 Å². The molecule has 5 heteroatoms. The van der Waals surface area contributed by atoms with Crippen LogP contribution in [0.1, 0.15) is 51.4 Å². The molecule has 2 fully saturated rings. The van der Waals surface area contributed by atoms with Gasteiger partial charge in [0.15, 0.2) is 0 Å². The third-order valence-corrected chi connectivity index (χ3v) is 4.76. The lowest BCUT2D eigenvalue weighted by atomic mass is 9.80. The summed E-state index contributed by atoms with van der Waals surface area (Å²) in [6.07, 6.45) is 2.27. The maximum Gasteiger partial charge on any atom is 0.393 e. The fourth-order valence-corrected chi connectivity index (χ4v) is 3.64. The Kier molecular flexibility index (Phi) is 5.12. The van der Waals surface area contributed by atoms with Gasteiger partial charge in [0.25, 0.3) is 0 Å². The van der Waals surface area contributed by atoms with E-state index in [1.165, 1.54) is 0 Å². The van der Waals surface area contributed by atoms with Crippen molar-refractivity contribution < 1.29 is 18.3 Å². The molecule has 112 valence electrons. The molecule has 0 spiro atoms. The Labute approximate surface area is 112 Å². The first kappa shape index (κ1) is 15.1. The topological polar surface area (TPSA) is 32.3 Å². The Bertz CT molecular complexity index is 282. The summed E-state index contributed by atoms with van der Waals surface area (Å²) in [4.78, 5) is 0. The maximum atomic E-state index is 13.0. The van der Waals surface area contributed by atoms with Gasteiger partial charge in [-0.25, -0.2) is 0 Å². The number of halogens is 3. The molecule has 2 saturated carbocycles. The first-order valence-electron chi connectivity index (χ1n) is 7.46. The number of hydrogen-bond donors (Lipinski definition) is 2. The van der Waals surface area contributed by atoms with Crippen molar-refractivity contribution in [3.05, 3.63) is 0 Å². The minimum absolute atomic E-state index is 0.0618. The van der Waals surface area contributed by atoms with Gasteiger partial charge in [-0.2, -0.15) is 13.2 Å². The fourth-order valence-electron chi connectivity index (χ4n) is 3.64. The Morgan fingerprint density at radius 3 is 2.11 bits per heavy atom. The summed E-state index contributed by atoms with van der Waals surface area (Å²) in [5.74, 6) is -1.08. The number of nitrogens with one attached hydrogen (secondary N) is 1. The second-order valence-corrected chi connectivity index (χ2v) is 6.04. The molecule has 2 nitrogen and oxygen atoms in total. The average molecular weight is 279 g/mol. The van der Waals surface area contributed by atoms with E-state index >= 15 is 0 Å². The van der Waals surface area contributed by atoms with Crippen molar-refractivity contribution in [1.29, 1.82) is 0 Å². The molecule has 0 aliphatic heterocycles. The van der Waals surface area contributed by atoms with Gasteiger partial charge in [-0.3, -0.25) is 0 Å². The molecule has 2 rings (SSSR count). The maximum absolute atomic E-state index is 13.0. The lowest BCUT2D eigenvalue weighted by molar-refractivity contribution is -0.190. The summed E-state index contributed by atoms with van der Waals surface area (Å²) < 4.78 is 39.1. The SMILES string of the molecule is OCC1CCCCC1NC1CCCCC1C(F)(F)F. The molecule has 2 N–H and O–H groups in total. The van der Waals surface area contributed by atoms with Crippen molar-refractivity contribution in [1.82, 2.24) is 5.32 Å². The summed E-state index contributed by atoms with van der Waals surface area (Å²) in [5.41, 5.74) is 0. The minimum atomic E-state index is -4.10. The molecule has 0 saturated heterocycles. The number of hydrogen-bond acceptors (Lipinski definition) is 2. The number of alkyl halides is 3. The smallest absolute Gasteiger partial charge is 0.393 e. The highest BCUT2D eigenvalue weighted by atomic mass is 19.4. The monoisotopic (exact) mass is 279 g/mol. The quantitative estimate of drug-likeness (QED) is 0.831. The second kappa shape index (κ2) is 6.44. The molecule has 2 aliphatic carbocycles. The summed E-state index contributed by atoms with van der Waals surface area (Å²) >= 11 is 0. The van der Waals surface area contributed by atoms with Gasteiger partial charge in [0.05, 0.1) is 5.92 Å². The summed E-state index contributed by atoms with van der Waals surface area (Å²) in [6.45, 7) is 0.0844. The Hall–Kier alpha value is -0.290. The van der Waals surface area contributed by atoms with Crippen LogP contribution in [0.3, 0.4) is 0 Å². The van der Waals surface area contributed by atoms with Crippen molar-refractivity contribution >= 4 is 0 Å². The van der Waals surface area contributed by atoms with Crippen LogP contribution in [0.2, 0.25) is 0 Å². The van der Waals surface area contributed by atoms with E-state index in [0.29, 0.717) is 12.8 Å². The van der Waals surface area contributed by atoms with E-state index in [0.717, 1.165) is 32.1 Å². The zero-order valence-corrected chi connectivity index (χ0v) is 11.3. The van der Waals surface area contributed by atoms with Crippen LogP contribution in [-0.2, 0) is 0 Å². The molecular formula is C14H24F3NO. The number of aliphatic hydroxyl groups excluding tert-OH is 1. The summed E-state index contributed by atoms with van der Waals surface area (Å²) in [6, 6.07) is -0.391. The predicted molar refractivity (Wildman–Crippen MR) is 67.8 cm³/mol. The highest BCUT2D eigenvalue weighted by Crippen LogP contribution is 2.38. The fraction of sp³-hybridized carbons (Fsp3) is 1.00. The zero-order chi connectivity index (χ0) is 13.9. The van der Waals surface area contributed by atoms with E-state index in [2.05, 4.69) is 5.32 Å². The minimum Gasteiger partial charge on any atom is -0.396 e. The van der Waals surface area contributed by atoms with E-state index in [4.69, 9.17) is 0 Å². The largest absolute Gasteiger partial charge is 0.396 e. The summed E-state index contributed by atoms with van der Waals surface area (Å²) in [7, 11) is 0. The van der Waals surface area contributed by atoms with Gasteiger partial charge >= 0.3 is 6.18 Å². The first-order chi connectivity index (χ1) is 9.02. The third-order valence-electron chi connectivity index (χ3n) is 4.76. The molecule has 0 amide bonds.